The van der Waals surface area contributed by atoms with Gasteiger partial charge < -0.3 is 14.8 Å². The molecule has 2 rings (SSSR count). The van der Waals surface area contributed by atoms with Gasteiger partial charge >= 0.3 is 0 Å². The van der Waals surface area contributed by atoms with Crippen LogP contribution in [0, 0.1) is 0 Å². The van der Waals surface area contributed by atoms with E-state index in [0.717, 1.165) is 12.8 Å². The number of amides is 1. The molecule has 0 heterocycles. The minimum absolute atomic E-state index is 0.0453. The third kappa shape index (κ3) is 2.90. The van der Waals surface area contributed by atoms with Crippen LogP contribution in [-0.4, -0.2) is 25.7 Å². The molecule has 1 aliphatic carbocycles. The third-order valence-electron chi connectivity index (χ3n) is 2.64. The number of ether oxygens (including phenoxy) is 2. The molecule has 0 saturated heterocycles. The van der Waals surface area contributed by atoms with Crippen LogP contribution in [0.15, 0.2) is 18.2 Å². The van der Waals surface area contributed by atoms with Gasteiger partial charge in [-0.25, -0.2) is 0 Å². The minimum atomic E-state index is -0.0453. The first kappa shape index (κ1) is 11.8. The molecule has 0 radical (unpaired) electrons. The Morgan fingerprint density at radius 1 is 1.41 bits per heavy atom. The summed E-state index contributed by atoms with van der Waals surface area (Å²) in [6, 6.07) is 5.59. The quantitative estimate of drug-likeness (QED) is 0.849. The molecule has 0 unspecified atom stereocenters. The van der Waals surface area contributed by atoms with E-state index in [2.05, 4.69) is 5.32 Å². The molecule has 1 fully saturated rings. The van der Waals surface area contributed by atoms with E-state index in [1.165, 1.54) is 0 Å². The lowest BCUT2D eigenvalue weighted by molar-refractivity contribution is 0.0950. The molecule has 1 aromatic rings. The predicted molar refractivity (Wildman–Crippen MR) is 64.7 cm³/mol. The number of carbonyl (C=O) groups is 1. The molecule has 0 bridgehead atoms. The second kappa shape index (κ2) is 5.08. The standard InChI is InChI=1S/C13H17NO3/c1-3-17-12-8-9(4-7-11(12)16-2)13(15)14-10-5-6-10/h4,7-8,10H,3,5-6H2,1-2H3,(H,14,15). The zero-order valence-corrected chi connectivity index (χ0v) is 10.2. The summed E-state index contributed by atoms with van der Waals surface area (Å²) in [6.45, 7) is 2.44. The molecule has 0 atom stereocenters. The van der Waals surface area contributed by atoms with Gasteiger partial charge in [0.2, 0.25) is 0 Å². The molecule has 4 nitrogen and oxygen atoms in total. The molecule has 0 aromatic heterocycles. The Morgan fingerprint density at radius 2 is 2.18 bits per heavy atom. The molecule has 92 valence electrons. The zero-order chi connectivity index (χ0) is 12.3. The predicted octanol–water partition coefficient (Wildman–Crippen LogP) is 1.99. The molecule has 1 N–H and O–H groups in total. The van der Waals surface area contributed by atoms with Crippen molar-refractivity contribution in [2.45, 2.75) is 25.8 Å². The van der Waals surface area contributed by atoms with E-state index in [4.69, 9.17) is 9.47 Å². The fraction of sp³-hybridized carbons (Fsp3) is 0.462. The average molecular weight is 235 g/mol. The number of carbonyl (C=O) groups excluding carboxylic acids is 1. The maximum atomic E-state index is 11.8. The maximum absolute atomic E-state index is 11.8. The number of hydrogen-bond acceptors (Lipinski definition) is 3. The highest BCUT2D eigenvalue weighted by atomic mass is 16.5. The molecular formula is C13H17NO3. The normalized spacial score (nSPS) is 14.2. The summed E-state index contributed by atoms with van der Waals surface area (Å²) >= 11 is 0. The summed E-state index contributed by atoms with van der Waals surface area (Å²) in [6.07, 6.45) is 2.17. The van der Waals surface area contributed by atoms with Gasteiger partial charge in [-0.05, 0) is 38.0 Å². The van der Waals surface area contributed by atoms with Gasteiger partial charge in [0.25, 0.3) is 5.91 Å². The summed E-state index contributed by atoms with van der Waals surface area (Å²) in [5, 5.41) is 2.94. The van der Waals surface area contributed by atoms with Crippen LogP contribution < -0.4 is 14.8 Å². The highest BCUT2D eigenvalue weighted by molar-refractivity contribution is 5.95. The topological polar surface area (TPSA) is 47.6 Å². The Hall–Kier alpha value is -1.71. The largest absolute Gasteiger partial charge is 0.493 e. The van der Waals surface area contributed by atoms with Crippen molar-refractivity contribution in [2.24, 2.45) is 0 Å². The molecule has 0 aliphatic heterocycles. The molecule has 4 heteroatoms. The first-order chi connectivity index (χ1) is 8.24. The van der Waals surface area contributed by atoms with Crippen LogP contribution in [0.1, 0.15) is 30.1 Å². The third-order valence-corrected chi connectivity index (χ3v) is 2.64. The van der Waals surface area contributed by atoms with E-state index >= 15 is 0 Å². The first-order valence-electron chi connectivity index (χ1n) is 5.86. The molecule has 17 heavy (non-hydrogen) atoms. The summed E-state index contributed by atoms with van der Waals surface area (Å²) in [5.41, 5.74) is 0.612. The van der Waals surface area contributed by atoms with Crippen molar-refractivity contribution < 1.29 is 14.3 Å². The smallest absolute Gasteiger partial charge is 0.251 e. The lowest BCUT2D eigenvalue weighted by atomic mass is 10.2. The van der Waals surface area contributed by atoms with E-state index < -0.39 is 0 Å². The number of nitrogens with one attached hydrogen (secondary N) is 1. The second-order valence-corrected chi connectivity index (χ2v) is 4.05. The van der Waals surface area contributed by atoms with Crippen LogP contribution in [0.3, 0.4) is 0 Å². The van der Waals surface area contributed by atoms with E-state index in [1.807, 2.05) is 6.92 Å². The van der Waals surface area contributed by atoms with Crippen molar-refractivity contribution >= 4 is 5.91 Å². The van der Waals surface area contributed by atoms with Crippen LogP contribution in [0.5, 0.6) is 11.5 Å². The van der Waals surface area contributed by atoms with Gasteiger partial charge in [0.1, 0.15) is 0 Å². The molecule has 1 saturated carbocycles. The molecule has 1 amide bonds. The van der Waals surface area contributed by atoms with E-state index in [-0.39, 0.29) is 5.91 Å². The van der Waals surface area contributed by atoms with E-state index in [1.54, 1.807) is 25.3 Å². The average Bonchev–Trinajstić information content (AvgIpc) is 3.13. The summed E-state index contributed by atoms with van der Waals surface area (Å²) in [7, 11) is 1.59. The molecule has 1 aliphatic rings. The van der Waals surface area contributed by atoms with Crippen LogP contribution in [-0.2, 0) is 0 Å². The Bertz CT molecular complexity index is 413. The SMILES string of the molecule is CCOc1cc(C(=O)NC2CC2)ccc1OC. The van der Waals surface area contributed by atoms with Gasteiger partial charge in [-0.15, -0.1) is 0 Å². The highest BCUT2D eigenvalue weighted by Gasteiger charge is 2.24. The Kier molecular flexibility index (Phi) is 3.52. The van der Waals surface area contributed by atoms with Crippen LogP contribution in [0.25, 0.3) is 0 Å². The van der Waals surface area contributed by atoms with Crippen LogP contribution in [0.2, 0.25) is 0 Å². The van der Waals surface area contributed by atoms with Crippen molar-refractivity contribution in [3.05, 3.63) is 23.8 Å². The van der Waals surface area contributed by atoms with Crippen molar-refractivity contribution in [3.63, 3.8) is 0 Å². The van der Waals surface area contributed by atoms with Gasteiger partial charge in [0.05, 0.1) is 13.7 Å². The molecule has 1 aromatic carbocycles. The zero-order valence-electron chi connectivity index (χ0n) is 10.2. The van der Waals surface area contributed by atoms with Crippen molar-refractivity contribution in [1.29, 1.82) is 0 Å². The van der Waals surface area contributed by atoms with Crippen LogP contribution >= 0.6 is 0 Å². The lowest BCUT2D eigenvalue weighted by Crippen LogP contribution is -2.25. The van der Waals surface area contributed by atoms with Gasteiger partial charge in [0, 0.05) is 11.6 Å². The van der Waals surface area contributed by atoms with Crippen LogP contribution in [0.4, 0.5) is 0 Å². The Balaban J connectivity index is 2.16. The molecular weight excluding hydrogens is 218 g/mol. The Labute approximate surface area is 101 Å². The lowest BCUT2D eigenvalue weighted by Gasteiger charge is -2.11. The highest BCUT2D eigenvalue weighted by Crippen LogP contribution is 2.28. The Morgan fingerprint density at radius 3 is 2.76 bits per heavy atom. The van der Waals surface area contributed by atoms with E-state index in [9.17, 15) is 4.79 Å². The van der Waals surface area contributed by atoms with Crippen molar-refractivity contribution in [1.82, 2.24) is 5.32 Å². The maximum Gasteiger partial charge on any atom is 0.251 e. The van der Waals surface area contributed by atoms with E-state index in [0.29, 0.717) is 29.7 Å². The summed E-state index contributed by atoms with van der Waals surface area (Å²) in [4.78, 5) is 11.8. The first-order valence-corrected chi connectivity index (χ1v) is 5.86. The fourth-order valence-corrected chi connectivity index (χ4v) is 1.58. The number of benzene rings is 1. The van der Waals surface area contributed by atoms with Gasteiger partial charge in [-0.2, -0.15) is 0 Å². The molecule has 0 spiro atoms. The van der Waals surface area contributed by atoms with Crippen molar-refractivity contribution in [3.8, 4) is 11.5 Å². The summed E-state index contributed by atoms with van der Waals surface area (Å²) in [5.74, 6) is 1.21. The van der Waals surface area contributed by atoms with Gasteiger partial charge in [0.15, 0.2) is 11.5 Å². The number of rotatable bonds is 5. The summed E-state index contributed by atoms with van der Waals surface area (Å²) < 4.78 is 10.6. The second-order valence-electron chi connectivity index (χ2n) is 4.05. The van der Waals surface area contributed by atoms with Gasteiger partial charge in [-0.1, -0.05) is 0 Å². The fourth-order valence-electron chi connectivity index (χ4n) is 1.58. The number of hydrogen-bond donors (Lipinski definition) is 1. The number of methoxy groups -OCH3 is 1. The minimum Gasteiger partial charge on any atom is -0.493 e. The monoisotopic (exact) mass is 235 g/mol. The van der Waals surface area contributed by atoms with Crippen molar-refractivity contribution in [2.75, 3.05) is 13.7 Å². The van der Waals surface area contributed by atoms with Gasteiger partial charge in [-0.3, -0.25) is 4.79 Å².